The Bertz CT molecular complexity index is 404. The van der Waals surface area contributed by atoms with Crippen LogP contribution in [-0.2, 0) is 9.53 Å². The Morgan fingerprint density at radius 2 is 2.05 bits per heavy atom. The number of amides is 1. The van der Waals surface area contributed by atoms with Gasteiger partial charge in [0.15, 0.2) is 0 Å². The van der Waals surface area contributed by atoms with Crippen molar-refractivity contribution >= 4 is 11.6 Å². The molecule has 0 unspecified atom stereocenters. The SMILES string of the molecule is C=CCNC(=O)CNc1ccc(OCCOCC)cc1. The molecular weight excluding hydrogens is 256 g/mol. The van der Waals surface area contributed by atoms with Crippen molar-refractivity contribution in [3.63, 3.8) is 0 Å². The molecule has 1 amide bonds. The number of rotatable bonds is 10. The number of hydrogen-bond acceptors (Lipinski definition) is 4. The molecule has 5 heteroatoms. The van der Waals surface area contributed by atoms with Crippen LogP contribution in [0.1, 0.15) is 6.92 Å². The van der Waals surface area contributed by atoms with Crippen LogP contribution in [-0.4, -0.2) is 38.8 Å². The lowest BCUT2D eigenvalue weighted by Crippen LogP contribution is -2.29. The summed E-state index contributed by atoms with van der Waals surface area (Å²) in [6, 6.07) is 7.46. The summed E-state index contributed by atoms with van der Waals surface area (Å²) in [6.07, 6.45) is 1.65. The van der Waals surface area contributed by atoms with Gasteiger partial charge >= 0.3 is 0 Å². The van der Waals surface area contributed by atoms with Crippen LogP contribution in [0.2, 0.25) is 0 Å². The van der Waals surface area contributed by atoms with Gasteiger partial charge in [-0.1, -0.05) is 6.08 Å². The quantitative estimate of drug-likeness (QED) is 0.506. The van der Waals surface area contributed by atoms with Crippen molar-refractivity contribution in [2.45, 2.75) is 6.92 Å². The highest BCUT2D eigenvalue weighted by Gasteiger charge is 2.00. The van der Waals surface area contributed by atoms with E-state index in [0.717, 1.165) is 11.4 Å². The maximum atomic E-state index is 11.4. The van der Waals surface area contributed by atoms with E-state index in [0.29, 0.717) is 26.4 Å². The largest absolute Gasteiger partial charge is 0.491 e. The monoisotopic (exact) mass is 278 g/mol. The maximum absolute atomic E-state index is 11.4. The fraction of sp³-hybridized carbons (Fsp3) is 0.400. The molecule has 0 aliphatic rings. The number of ether oxygens (including phenoxy) is 2. The van der Waals surface area contributed by atoms with E-state index in [9.17, 15) is 4.79 Å². The van der Waals surface area contributed by atoms with Gasteiger partial charge in [0.2, 0.25) is 5.91 Å². The number of anilines is 1. The minimum Gasteiger partial charge on any atom is -0.491 e. The molecule has 0 fully saturated rings. The van der Waals surface area contributed by atoms with Gasteiger partial charge in [0.05, 0.1) is 13.2 Å². The van der Waals surface area contributed by atoms with Gasteiger partial charge in [-0.25, -0.2) is 0 Å². The van der Waals surface area contributed by atoms with Crippen molar-refractivity contribution in [3.05, 3.63) is 36.9 Å². The van der Waals surface area contributed by atoms with Gasteiger partial charge < -0.3 is 20.1 Å². The molecule has 0 saturated heterocycles. The summed E-state index contributed by atoms with van der Waals surface area (Å²) >= 11 is 0. The van der Waals surface area contributed by atoms with Crippen molar-refractivity contribution in [3.8, 4) is 5.75 Å². The lowest BCUT2D eigenvalue weighted by atomic mass is 10.3. The van der Waals surface area contributed by atoms with E-state index in [-0.39, 0.29) is 12.5 Å². The molecular formula is C15H22N2O3. The van der Waals surface area contributed by atoms with E-state index in [1.807, 2.05) is 31.2 Å². The fourth-order valence-corrected chi connectivity index (χ4v) is 1.46. The number of hydrogen-bond donors (Lipinski definition) is 2. The molecule has 0 aromatic heterocycles. The Morgan fingerprint density at radius 3 is 2.70 bits per heavy atom. The molecule has 1 aromatic rings. The van der Waals surface area contributed by atoms with Crippen LogP contribution < -0.4 is 15.4 Å². The highest BCUT2D eigenvalue weighted by atomic mass is 16.5. The molecule has 0 heterocycles. The van der Waals surface area contributed by atoms with Crippen LogP contribution in [0.3, 0.4) is 0 Å². The Hall–Kier alpha value is -2.01. The topological polar surface area (TPSA) is 59.6 Å². The first-order chi connectivity index (χ1) is 9.76. The molecule has 0 aliphatic carbocycles. The fourth-order valence-electron chi connectivity index (χ4n) is 1.46. The van der Waals surface area contributed by atoms with Crippen LogP contribution in [0.15, 0.2) is 36.9 Å². The zero-order valence-electron chi connectivity index (χ0n) is 11.9. The minimum atomic E-state index is -0.0676. The predicted molar refractivity (Wildman–Crippen MR) is 80.1 cm³/mol. The van der Waals surface area contributed by atoms with Gasteiger partial charge in [-0.15, -0.1) is 6.58 Å². The molecule has 0 aliphatic heterocycles. The molecule has 2 N–H and O–H groups in total. The Labute approximate surface area is 120 Å². The van der Waals surface area contributed by atoms with E-state index in [4.69, 9.17) is 9.47 Å². The molecule has 5 nitrogen and oxygen atoms in total. The number of nitrogens with one attached hydrogen (secondary N) is 2. The van der Waals surface area contributed by atoms with Crippen molar-refractivity contribution < 1.29 is 14.3 Å². The van der Waals surface area contributed by atoms with Gasteiger partial charge in [0, 0.05) is 18.8 Å². The second kappa shape index (κ2) is 9.86. The van der Waals surface area contributed by atoms with Crippen LogP contribution in [0.5, 0.6) is 5.75 Å². The first-order valence-electron chi connectivity index (χ1n) is 6.68. The third-order valence-corrected chi connectivity index (χ3v) is 2.45. The summed E-state index contributed by atoms with van der Waals surface area (Å²) in [5.74, 6) is 0.716. The molecule has 20 heavy (non-hydrogen) atoms. The van der Waals surface area contributed by atoms with E-state index < -0.39 is 0 Å². The normalized spacial score (nSPS) is 9.85. The number of carbonyl (C=O) groups is 1. The molecule has 0 radical (unpaired) electrons. The molecule has 110 valence electrons. The summed E-state index contributed by atoms with van der Waals surface area (Å²) in [4.78, 5) is 11.4. The van der Waals surface area contributed by atoms with Crippen molar-refractivity contribution in [2.24, 2.45) is 0 Å². The highest BCUT2D eigenvalue weighted by molar-refractivity contribution is 5.80. The average Bonchev–Trinajstić information content (AvgIpc) is 2.48. The zero-order chi connectivity index (χ0) is 14.6. The van der Waals surface area contributed by atoms with Crippen LogP contribution in [0.25, 0.3) is 0 Å². The highest BCUT2D eigenvalue weighted by Crippen LogP contribution is 2.15. The minimum absolute atomic E-state index is 0.0676. The molecule has 0 atom stereocenters. The Kier molecular flexibility index (Phi) is 7.91. The van der Waals surface area contributed by atoms with Crippen molar-refractivity contribution in [1.82, 2.24) is 5.32 Å². The second-order valence-electron chi connectivity index (χ2n) is 4.02. The lowest BCUT2D eigenvalue weighted by Gasteiger charge is -2.09. The Balaban J connectivity index is 2.27. The predicted octanol–water partition coefficient (Wildman–Crippen LogP) is 1.82. The first-order valence-corrected chi connectivity index (χ1v) is 6.68. The van der Waals surface area contributed by atoms with Gasteiger partial charge in [-0.2, -0.15) is 0 Å². The summed E-state index contributed by atoms with van der Waals surface area (Å²) < 4.78 is 10.7. The standard InChI is InChI=1S/C15H22N2O3/c1-3-9-16-15(18)12-17-13-5-7-14(8-6-13)20-11-10-19-4-2/h3,5-8,17H,1,4,9-12H2,2H3,(H,16,18). The van der Waals surface area contributed by atoms with Crippen molar-refractivity contribution in [1.29, 1.82) is 0 Å². The van der Waals surface area contributed by atoms with Gasteiger partial charge in [-0.3, -0.25) is 4.79 Å². The zero-order valence-corrected chi connectivity index (χ0v) is 11.9. The van der Waals surface area contributed by atoms with Gasteiger partial charge in [0.25, 0.3) is 0 Å². The van der Waals surface area contributed by atoms with E-state index in [1.165, 1.54) is 0 Å². The van der Waals surface area contributed by atoms with Gasteiger partial charge in [-0.05, 0) is 31.2 Å². The summed E-state index contributed by atoms with van der Waals surface area (Å²) in [6.45, 7) is 8.01. The van der Waals surface area contributed by atoms with Gasteiger partial charge in [0.1, 0.15) is 12.4 Å². The molecule has 0 bridgehead atoms. The maximum Gasteiger partial charge on any atom is 0.239 e. The Morgan fingerprint density at radius 1 is 1.30 bits per heavy atom. The molecule has 0 spiro atoms. The molecule has 1 aromatic carbocycles. The van der Waals surface area contributed by atoms with Crippen molar-refractivity contribution in [2.75, 3.05) is 38.2 Å². The third kappa shape index (κ3) is 6.80. The average molecular weight is 278 g/mol. The number of benzene rings is 1. The van der Waals surface area contributed by atoms with E-state index >= 15 is 0 Å². The van der Waals surface area contributed by atoms with E-state index in [2.05, 4.69) is 17.2 Å². The van der Waals surface area contributed by atoms with Crippen LogP contribution in [0.4, 0.5) is 5.69 Å². The molecule has 0 saturated carbocycles. The first kappa shape index (κ1) is 16.0. The summed E-state index contributed by atoms with van der Waals surface area (Å²) in [5, 5.41) is 5.73. The smallest absolute Gasteiger partial charge is 0.239 e. The summed E-state index contributed by atoms with van der Waals surface area (Å²) in [5.41, 5.74) is 0.871. The van der Waals surface area contributed by atoms with Crippen LogP contribution >= 0.6 is 0 Å². The second-order valence-corrected chi connectivity index (χ2v) is 4.02. The molecule has 1 rings (SSSR count). The summed E-state index contributed by atoms with van der Waals surface area (Å²) in [7, 11) is 0. The lowest BCUT2D eigenvalue weighted by molar-refractivity contribution is -0.119. The number of carbonyl (C=O) groups excluding carboxylic acids is 1. The van der Waals surface area contributed by atoms with E-state index in [1.54, 1.807) is 6.08 Å². The third-order valence-electron chi connectivity index (χ3n) is 2.45. The van der Waals surface area contributed by atoms with Crippen LogP contribution in [0, 0.1) is 0 Å².